The number of carbonyl (C=O) groups excluding carboxylic acids is 1. The largest absolute Gasteiger partial charge is 0.356 e. The molecule has 0 aliphatic rings. The molecule has 1 amide bonds. The maximum absolute atomic E-state index is 13.9. The number of hydrogen-bond donors (Lipinski definition) is 1. The van der Waals surface area contributed by atoms with Gasteiger partial charge in [-0.1, -0.05) is 50.1 Å². The standard InChI is InChI=1S/C23H27FN2O/c1-3-4-7-13-25-23(27)15-20(17-9-8-10-18(24)14-17)21-16-26(2)22-12-6-5-11-19(21)22/h5-6,8-12,14,16,20H,3-4,7,13,15H2,1-2H3,(H,25,27)/t20-/m0/s1. The van der Waals surface area contributed by atoms with Crippen LogP contribution in [-0.2, 0) is 11.8 Å². The van der Waals surface area contributed by atoms with Gasteiger partial charge >= 0.3 is 0 Å². The molecule has 0 bridgehead atoms. The summed E-state index contributed by atoms with van der Waals surface area (Å²) in [5.74, 6) is -0.452. The fourth-order valence-corrected chi connectivity index (χ4v) is 3.64. The Labute approximate surface area is 160 Å². The fourth-order valence-electron chi connectivity index (χ4n) is 3.64. The van der Waals surface area contributed by atoms with Crippen LogP contribution >= 0.6 is 0 Å². The van der Waals surface area contributed by atoms with Gasteiger partial charge in [-0.15, -0.1) is 0 Å². The summed E-state index contributed by atoms with van der Waals surface area (Å²) in [6, 6.07) is 14.7. The van der Waals surface area contributed by atoms with Gasteiger partial charge < -0.3 is 9.88 Å². The van der Waals surface area contributed by atoms with Crippen molar-refractivity contribution in [2.24, 2.45) is 7.05 Å². The van der Waals surface area contributed by atoms with Crippen molar-refractivity contribution in [3.05, 3.63) is 71.7 Å². The summed E-state index contributed by atoms with van der Waals surface area (Å²) in [4.78, 5) is 12.6. The van der Waals surface area contributed by atoms with Gasteiger partial charge in [-0.3, -0.25) is 4.79 Å². The third-order valence-corrected chi connectivity index (χ3v) is 5.05. The van der Waals surface area contributed by atoms with Gasteiger partial charge in [0.2, 0.25) is 5.91 Å². The SMILES string of the molecule is CCCCCNC(=O)C[C@@H](c1cccc(F)c1)c1cn(C)c2ccccc12. The molecule has 0 aliphatic carbocycles. The molecule has 0 fully saturated rings. The molecular formula is C23H27FN2O. The highest BCUT2D eigenvalue weighted by Gasteiger charge is 2.22. The van der Waals surface area contributed by atoms with Crippen LogP contribution in [0.15, 0.2) is 54.7 Å². The highest BCUT2D eigenvalue weighted by atomic mass is 19.1. The smallest absolute Gasteiger partial charge is 0.220 e. The van der Waals surface area contributed by atoms with E-state index in [1.54, 1.807) is 6.07 Å². The Kier molecular flexibility index (Phi) is 6.28. The molecule has 0 aliphatic heterocycles. The number of rotatable bonds is 8. The summed E-state index contributed by atoms with van der Waals surface area (Å²) in [5, 5.41) is 4.12. The predicted molar refractivity (Wildman–Crippen MR) is 108 cm³/mol. The highest BCUT2D eigenvalue weighted by Crippen LogP contribution is 2.34. The fraction of sp³-hybridized carbons (Fsp3) is 0.348. The Morgan fingerprint density at radius 2 is 1.96 bits per heavy atom. The Morgan fingerprint density at radius 3 is 2.74 bits per heavy atom. The first kappa shape index (κ1) is 19.2. The summed E-state index contributed by atoms with van der Waals surface area (Å²) in [6.45, 7) is 2.83. The van der Waals surface area contributed by atoms with E-state index in [2.05, 4.69) is 35.1 Å². The molecule has 3 rings (SSSR count). The van der Waals surface area contributed by atoms with Crippen molar-refractivity contribution in [2.45, 2.75) is 38.5 Å². The van der Waals surface area contributed by atoms with Gasteiger partial charge in [-0.25, -0.2) is 4.39 Å². The minimum absolute atomic E-state index is 0.00768. The van der Waals surface area contributed by atoms with Crippen molar-refractivity contribution in [2.75, 3.05) is 6.54 Å². The van der Waals surface area contributed by atoms with Crippen molar-refractivity contribution >= 4 is 16.8 Å². The lowest BCUT2D eigenvalue weighted by molar-refractivity contribution is -0.121. The second-order valence-corrected chi connectivity index (χ2v) is 7.08. The van der Waals surface area contributed by atoms with E-state index < -0.39 is 0 Å². The molecule has 4 heteroatoms. The van der Waals surface area contributed by atoms with Crippen molar-refractivity contribution in [1.29, 1.82) is 0 Å². The second-order valence-electron chi connectivity index (χ2n) is 7.08. The van der Waals surface area contributed by atoms with Crippen molar-refractivity contribution in [1.82, 2.24) is 9.88 Å². The van der Waals surface area contributed by atoms with E-state index in [0.717, 1.165) is 41.3 Å². The molecule has 0 saturated heterocycles. The number of aromatic nitrogens is 1. The molecule has 3 nitrogen and oxygen atoms in total. The second kappa shape index (κ2) is 8.85. The number of nitrogens with zero attached hydrogens (tertiary/aromatic N) is 1. The Morgan fingerprint density at radius 1 is 1.15 bits per heavy atom. The molecular weight excluding hydrogens is 339 g/mol. The number of carbonyl (C=O) groups is 1. The molecule has 2 aromatic carbocycles. The van der Waals surface area contributed by atoms with Crippen LogP contribution in [0, 0.1) is 5.82 Å². The van der Waals surface area contributed by atoms with Crippen LogP contribution in [0.2, 0.25) is 0 Å². The van der Waals surface area contributed by atoms with E-state index in [9.17, 15) is 9.18 Å². The molecule has 1 N–H and O–H groups in total. The summed E-state index contributed by atoms with van der Waals surface area (Å²) < 4.78 is 15.9. The third kappa shape index (κ3) is 4.57. The normalized spacial score (nSPS) is 12.3. The molecule has 1 atom stereocenters. The lowest BCUT2D eigenvalue weighted by Crippen LogP contribution is -2.26. The monoisotopic (exact) mass is 366 g/mol. The maximum atomic E-state index is 13.9. The average Bonchev–Trinajstić information content (AvgIpc) is 3.00. The van der Waals surface area contributed by atoms with Crippen LogP contribution in [0.3, 0.4) is 0 Å². The van der Waals surface area contributed by atoms with Crippen LogP contribution in [0.25, 0.3) is 10.9 Å². The van der Waals surface area contributed by atoms with Gasteiger partial charge in [0.05, 0.1) is 0 Å². The van der Waals surface area contributed by atoms with Crippen molar-refractivity contribution in [3.63, 3.8) is 0 Å². The zero-order valence-electron chi connectivity index (χ0n) is 16.0. The predicted octanol–water partition coefficient (Wildman–Crippen LogP) is 5.15. The zero-order chi connectivity index (χ0) is 19.2. The van der Waals surface area contributed by atoms with E-state index in [0.29, 0.717) is 13.0 Å². The number of aryl methyl sites for hydroxylation is 1. The molecule has 1 aromatic heterocycles. The topological polar surface area (TPSA) is 34.0 Å². The van der Waals surface area contributed by atoms with Gasteiger partial charge in [0.1, 0.15) is 5.82 Å². The maximum Gasteiger partial charge on any atom is 0.220 e. The van der Waals surface area contributed by atoms with Crippen LogP contribution in [0.5, 0.6) is 0 Å². The summed E-state index contributed by atoms with van der Waals surface area (Å²) >= 11 is 0. The van der Waals surface area contributed by atoms with Crippen molar-refractivity contribution in [3.8, 4) is 0 Å². The lowest BCUT2D eigenvalue weighted by Gasteiger charge is -2.17. The zero-order valence-corrected chi connectivity index (χ0v) is 16.0. The number of unbranched alkanes of at least 4 members (excludes halogenated alkanes) is 2. The number of benzene rings is 2. The summed E-state index contributed by atoms with van der Waals surface area (Å²) in [5.41, 5.74) is 3.00. The first-order chi connectivity index (χ1) is 13.1. The highest BCUT2D eigenvalue weighted by molar-refractivity contribution is 5.86. The number of fused-ring (bicyclic) bond motifs is 1. The van der Waals surface area contributed by atoms with E-state index in [1.165, 1.54) is 12.1 Å². The van der Waals surface area contributed by atoms with Gasteiger partial charge in [0.15, 0.2) is 0 Å². The Balaban J connectivity index is 1.92. The first-order valence-electron chi connectivity index (χ1n) is 9.66. The van der Waals surface area contributed by atoms with Crippen LogP contribution in [0.1, 0.15) is 49.7 Å². The molecule has 1 heterocycles. The molecule has 0 saturated carbocycles. The lowest BCUT2D eigenvalue weighted by atomic mass is 9.88. The summed E-state index contributed by atoms with van der Waals surface area (Å²) in [6.07, 6.45) is 5.59. The first-order valence-corrected chi connectivity index (χ1v) is 9.66. The molecule has 27 heavy (non-hydrogen) atoms. The van der Waals surface area contributed by atoms with Gasteiger partial charge in [-0.2, -0.15) is 0 Å². The third-order valence-electron chi connectivity index (χ3n) is 5.05. The molecule has 142 valence electrons. The molecule has 0 spiro atoms. The van der Waals surface area contributed by atoms with Crippen LogP contribution in [0.4, 0.5) is 4.39 Å². The molecule has 0 unspecified atom stereocenters. The minimum Gasteiger partial charge on any atom is -0.356 e. The van der Waals surface area contributed by atoms with E-state index in [4.69, 9.17) is 0 Å². The summed E-state index contributed by atoms with van der Waals surface area (Å²) in [7, 11) is 2.00. The Bertz CT molecular complexity index is 916. The van der Waals surface area contributed by atoms with E-state index >= 15 is 0 Å². The van der Waals surface area contributed by atoms with E-state index in [-0.39, 0.29) is 17.6 Å². The van der Waals surface area contributed by atoms with Gasteiger partial charge in [-0.05, 0) is 35.7 Å². The van der Waals surface area contributed by atoms with Crippen LogP contribution < -0.4 is 5.32 Å². The van der Waals surface area contributed by atoms with Gasteiger partial charge in [0, 0.05) is 43.0 Å². The molecule has 3 aromatic rings. The Hall–Kier alpha value is -2.62. The minimum atomic E-state index is -0.277. The quantitative estimate of drug-likeness (QED) is 0.550. The average molecular weight is 366 g/mol. The van der Waals surface area contributed by atoms with Crippen LogP contribution in [-0.4, -0.2) is 17.0 Å². The number of amides is 1. The number of para-hydroxylation sites is 1. The van der Waals surface area contributed by atoms with Gasteiger partial charge in [0.25, 0.3) is 0 Å². The number of hydrogen-bond acceptors (Lipinski definition) is 1. The molecule has 0 radical (unpaired) electrons. The number of nitrogens with one attached hydrogen (secondary N) is 1. The van der Waals surface area contributed by atoms with E-state index in [1.807, 2.05) is 25.2 Å². The van der Waals surface area contributed by atoms with Crippen molar-refractivity contribution < 1.29 is 9.18 Å². The number of halogens is 1.